The van der Waals surface area contributed by atoms with E-state index in [1.807, 2.05) is 6.92 Å². The van der Waals surface area contributed by atoms with Gasteiger partial charge >= 0.3 is 0 Å². The van der Waals surface area contributed by atoms with E-state index in [9.17, 15) is 18.4 Å². The molecule has 22 heavy (non-hydrogen) atoms. The molecule has 0 fully saturated rings. The topological polar surface area (TPSA) is 46.2 Å². The van der Waals surface area contributed by atoms with E-state index in [4.69, 9.17) is 0 Å². The van der Waals surface area contributed by atoms with Gasteiger partial charge in [0, 0.05) is 5.56 Å². The molecule has 1 atom stereocenters. The lowest BCUT2D eigenvalue weighted by Gasteiger charge is -2.14. The maximum Gasteiger partial charge on any atom is 0.292 e. The first-order valence-corrected chi connectivity index (χ1v) is 6.75. The molecule has 0 aliphatic rings. The Balaban J connectivity index is 2.08. The number of aryl methyl sites for hydroxylation is 1. The average molecular weight is 303 g/mol. The van der Waals surface area contributed by atoms with Gasteiger partial charge in [0.15, 0.2) is 11.6 Å². The highest BCUT2D eigenvalue weighted by Gasteiger charge is 2.19. The fourth-order valence-electron chi connectivity index (χ4n) is 1.96. The lowest BCUT2D eigenvalue weighted by molar-refractivity contribution is -0.117. The van der Waals surface area contributed by atoms with Gasteiger partial charge in [-0.15, -0.1) is 0 Å². The van der Waals surface area contributed by atoms with Gasteiger partial charge in [-0.2, -0.15) is 0 Å². The summed E-state index contributed by atoms with van der Waals surface area (Å²) in [5.74, 6) is -3.42. The average Bonchev–Trinajstić information content (AvgIpc) is 2.50. The molecule has 5 heteroatoms. The summed E-state index contributed by atoms with van der Waals surface area (Å²) in [5, 5.41) is 2.48. The van der Waals surface area contributed by atoms with Crippen LogP contribution in [0.1, 0.15) is 34.5 Å². The van der Waals surface area contributed by atoms with Crippen molar-refractivity contribution in [2.24, 2.45) is 0 Å². The molecule has 1 unspecified atom stereocenters. The lowest BCUT2D eigenvalue weighted by atomic mass is 10.1. The molecule has 0 heterocycles. The highest BCUT2D eigenvalue weighted by molar-refractivity contribution is 6.42. The van der Waals surface area contributed by atoms with E-state index in [0.717, 1.165) is 17.7 Å². The highest BCUT2D eigenvalue weighted by atomic mass is 19.2. The van der Waals surface area contributed by atoms with Gasteiger partial charge in [0.05, 0.1) is 6.04 Å². The number of halogens is 2. The summed E-state index contributed by atoms with van der Waals surface area (Å²) >= 11 is 0. The van der Waals surface area contributed by atoms with Gasteiger partial charge in [0.25, 0.3) is 5.91 Å². The Labute approximate surface area is 127 Å². The van der Waals surface area contributed by atoms with Crippen molar-refractivity contribution in [2.75, 3.05) is 0 Å². The van der Waals surface area contributed by atoms with Crippen LogP contribution in [0.15, 0.2) is 42.5 Å². The standard InChI is InChI=1S/C17H15F2NO2/c1-10-3-5-12(6-4-10)16(21)17(22)20-11(2)13-7-8-14(18)15(19)9-13/h3-9,11H,1-2H3,(H,20,22). The Bertz CT molecular complexity index is 711. The molecule has 0 spiro atoms. The van der Waals surface area contributed by atoms with Crippen molar-refractivity contribution in [1.29, 1.82) is 0 Å². The van der Waals surface area contributed by atoms with E-state index in [1.54, 1.807) is 31.2 Å². The number of hydrogen-bond donors (Lipinski definition) is 1. The van der Waals surface area contributed by atoms with Crippen LogP contribution in [0.25, 0.3) is 0 Å². The van der Waals surface area contributed by atoms with E-state index in [-0.39, 0.29) is 5.56 Å². The zero-order valence-electron chi connectivity index (χ0n) is 12.2. The molecular formula is C17H15F2NO2. The van der Waals surface area contributed by atoms with Gasteiger partial charge in [-0.3, -0.25) is 9.59 Å². The first-order chi connectivity index (χ1) is 10.4. The zero-order valence-corrected chi connectivity index (χ0v) is 12.2. The normalized spacial score (nSPS) is 11.8. The fraction of sp³-hybridized carbons (Fsp3) is 0.176. The Hall–Kier alpha value is -2.56. The number of nitrogens with one attached hydrogen (secondary N) is 1. The summed E-state index contributed by atoms with van der Waals surface area (Å²) in [6.07, 6.45) is 0. The SMILES string of the molecule is Cc1ccc(C(=O)C(=O)NC(C)c2ccc(F)c(F)c2)cc1. The van der Waals surface area contributed by atoms with Crippen molar-refractivity contribution >= 4 is 11.7 Å². The Morgan fingerprint density at radius 3 is 2.23 bits per heavy atom. The number of ketones is 1. The molecule has 0 bridgehead atoms. The Morgan fingerprint density at radius 1 is 1.00 bits per heavy atom. The van der Waals surface area contributed by atoms with Gasteiger partial charge in [-0.25, -0.2) is 8.78 Å². The first-order valence-electron chi connectivity index (χ1n) is 6.75. The Morgan fingerprint density at radius 2 is 1.64 bits per heavy atom. The van der Waals surface area contributed by atoms with Crippen LogP contribution >= 0.6 is 0 Å². The van der Waals surface area contributed by atoms with Crippen LogP contribution in [0.5, 0.6) is 0 Å². The second-order valence-electron chi connectivity index (χ2n) is 5.06. The molecule has 2 aromatic rings. The van der Waals surface area contributed by atoms with Crippen molar-refractivity contribution in [3.05, 3.63) is 70.8 Å². The van der Waals surface area contributed by atoms with E-state index in [2.05, 4.69) is 5.32 Å². The van der Waals surface area contributed by atoms with Crippen LogP contribution in [0, 0.1) is 18.6 Å². The third-order valence-corrected chi connectivity index (χ3v) is 3.31. The van der Waals surface area contributed by atoms with Crippen LogP contribution < -0.4 is 5.32 Å². The third-order valence-electron chi connectivity index (χ3n) is 3.31. The van der Waals surface area contributed by atoms with Crippen molar-refractivity contribution in [2.45, 2.75) is 19.9 Å². The van der Waals surface area contributed by atoms with E-state index < -0.39 is 29.4 Å². The van der Waals surface area contributed by atoms with E-state index >= 15 is 0 Å². The number of rotatable bonds is 4. The van der Waals surface area contributed by atoms with E-state index in [0.29, 0.717) is 5.56 Å². The highest BCUT2D eigenvalue weighted by Crippen LogP contribution is 2.16. The van der Waals surface area contributed by atoms with Crippen molar-refractivity contribution < 1.29 is 18.4 Å². The monoisotopic (exact) mass is 303 g/mol. The quantitative estimate of drug-likeness (QED) is 0.695. The van der Waals surface area contributed by atoms with Crippen molar-refractivity contribution in [3.63, 3.8) is 0 Å². The maximum absolute atomic E-state index is 13.2. The first kappa shape index (κ1) is 15.8. The van der Waals surface area contributed by atoms with E-state index in [1.165, 1.54) is 6.07 Å². The molecule has 0 aliphatic heterocycles. The number of carbonyl (C=O) groups is 2. The Kier molecular flexibility index (Phi) is 4.65. The molecule has 1 amide bonds. The molecule has 114 valence electrons. The molecule has 1 N–H and O–H groups in total. The molecule has 0 aliphatic carbocycles. The van der Waals surface area contributed by atoms with Gasteiger partial charge in [-0.05, 0) is 31.5 Å². The van der Waals surface area contributed by atoms with Crippen LogP contribution in [0.2, 0.25) is 0 Å². The van der Waals surface area contributed by atoms with Gasteiger partial charge in [-0.1, -0.05) is 35.9 Å². The molecule has 0 saturated carbocycles. The molecule has 0 aromatic heterocycles. The third kappa shape index (κ3) is 3.55. The summed E-state index contributed by atoms with van der Waals surface area (Å²) in [6, 6.07) is 9.33. The van der Waals surface area contributed by atoms with Crippen LogP contribution in [-0.4, -0.2) is 11.7 Å². The second-order valence-corrected chi connectivity index (χ2v) is 5.06. The lowest BCUT2D eigenvalue weighted by Crippen LogP contribution is -2.33. The summed E-state index contributed by atoms with van der Waals surface area (Å²) in [5.41, 5.74) is 1.64. The van der Waals surface area contributed by atoms with Crippen LogP contribution in [0.3, 0.4) is 0 Å². The molecule has 0 radical (unpaired) electrons. The number of benzene rings is 2. The number of carbonyl (C=O) groups excluding carboxylic acids is 2. The van der Waals surface area contributed by atoms with Gasteiger partial charge < -0.3 is 5.32 Å². The molecule has 3 nitrogen and oxygen atoms in total. The van der Waals surface area contributed by atoms with Gasteiger partial charge in [0.1, 0.15) is 0 Å². The minimum Gasteiger partial charge on any atom is -0.343 e. The zero-order chi connectivity index (χ0) is 16.3. The van der Waals surface area contributed by atoms with Crippen LogP contribution in [-0.2, 0) is 4.79 Å². The second kappa shape index (κ2) is 6.47. The molecule has 2 aromatic carbocycles. The fourth-order valence-corrected chi connectivity index (χ4v) is 1.96. The number of Topliss-reactive ketones (excluding diaryl/α,β-unsaturated/α-hetero) is 1. The van der Waals surface area contributed by atoms with Crippen molar-refractivity contribution in [1.82, 2.24) is 5.32 Å². The largest absolute Gasteiger partial charge is 0.343 e. The van der Waals surface area contributed by atoms with Crippen molar-refractivity contribution in [3.8, 4) is 0 Å². The summed E-state index contributed by atoms with van der Waals surface area (Å²) in [7, 11) is 0. The minimum atomic E-state index is -0.997. The summed E-state index contributed by atoms with van der Waals surface area (Å²) < 4.78 is 26.1. The molecule has 0 saturated heterocycles. The predicted octanol–water partition coefficient (Wildman–Crippen LogP) is 3.33. The summed E-state index contributed by atoms with van der Waals surface area (Å²) in [6.45, 7) is 3.46. The molecular weight excluding hydrogens is 288 g/mol. The molecule has 2 rings (SSSR count). The minimum absolute atomic E-state index is 0.278. The maximum atomic E-state index is 13.2. The van der Waals surface area contributed by atoms with Gasteiger partial charge in [0.2, 0.25) is 5.78 Å². The smallest absolute Gasteiger partial charge is 0.292 e. The number of amides is 1. The summed E-state index contributed by atoms with van der Waals surface area (Å²) in [4.78, 5) is 23.9. The van der Waals surface area contributed by atoms with Crippen LogP contribution in [0.4, 0.5) is 8.78 Å². The predicted molar refractivity (Wildman–Crippen MR) is 78.4 cm³/mol. The number of hydrogen-bond acceptors (Lipinski definition) is 2.